The highest BCUT2D eigenvalue weighted by molar-refractivity contribution is 6.10. The molecule has 2 N–H and O–H groups in total. The van der Waals surface area contributed by atoms with Gasteiger partial charge in [-0.05, 0) is 43.4 Å². The SMILES string of the molecule is CCC1(c2ccc(NC(=O)CN3C(=O)N(C)C4(CCCCC4)C3=O)cc2)CCC(=O)NC1=O. The van der Waals surface area contributed by atoms with Crippen LogP contribution in [0, 0.1) is 0 Å². The summed E-state index contributed by atoms with van der Waals surface area (Å²) in [6.07, 6.45) is 5.36. The number of rotatable bonds is 5. The fraction of sp³-hybridized carbons (Fsp3) is 0.542. The van der Waals surface area contributed by atoms with E-state index in [0.29, 0.717) is 31.4 Å². The number of imide groups is 2. The van der Waals surface area contributed by atoms with Crippen LogP contribution in [0.3, 0.4) is 0 Å². The first-order valence-electron chi connectivity index (χ1n) is 11.6. The van der Waals surface area contributed by atoms with Gasteiger partial charge in [0.15, 0.2) is 0 Å². The van der Waals surface area contributed by atoms with Crippen LogP contribution in [0.15, 0.2) is 24.3 Å². The smallest absolute Gasteiger partial charge is 0.325 e. The molecule has 1 atom stereocenters. The normalized spacial score (nSPS) is 24.9. The summed E-state index contributed by atoms with van der Waals surface area (Å²) in [5.74, 6) is -1.32. The molecule has 176 valence electrons. The molecule has 2 heterocycles. The molecule has 6 amide bonds. The molecule has 0 bridgehead atoms. The van der Waals surface area contributed by atoms with E-state index in [-0.39, 0.29) is 30.7 Å². The topological polar surface area (TPSA) is 116 Å². The van der Waals surface area contributed by atoms with Crippen molar-refractivity contribution < 1.29 is 24.0 Å². The Hall–Kier alpha value is -3.23. The number of urea groups is 1. The van der Waals surface area contributed by atoms with Gasteiger partial charge in [-0.1, -0.05) is 38.3 Å². The summed E-state index contributed by atoms with van der Waals surface area (Å²) in [6, 6.07) is 6.49. The minimum atomic E-state index is -0.812. The van der Waals surface area contributed by atoms with E-state index in [1.807, 2.05) is 6.92 Å². The molecule has 1 aromatic carbocycles. The monoisotopic (exact) mass is 454 g/mol. The molecule has 1 aliphatic carbocycles. The van der Waals surface area contributed by atoms with Crippen molar-refractivity contribution in [2.24, 2.45) is 0 Å². The Morgan fingerprint density at radius 1 is 1.03 bits per heavy atom. The standard InChI is InChI=1S/C24H30N4O5/c1-3-23(14-11-18(29)26-20(23)31)16-7-9-17(10-8-16)25-19(30)15-28-21(32)24(27(2)22(28)33)12-5-4-6-13-24/h7-10H,3-6,11-15H2,1-2H3,(H,25,30)(H,26,29,31). The molecule has 0 radical (unpaired) electrons. The zero-order valence-corrected chi connectivity index (χ0v) is 19.1. The number of benzene rings is 1. The van der Waals surface area contributed by atoms with Gasteiger partial charge in [0.05, 0.1) is 5.41 Å². The lowest BCUT2D eigenvalue weighted by molar-refractivity contribution is -0.138. The Bertz CT molecular complexity index is 999. The molecule has 33 heavy (non-hydrogen) atoms. The van der Waals surface area contributed by atoms with Crippen LogP contribution in [0.1, 0.15) is 63.9 Å². The summed E-state index contributed by atoms with van der Waals surface area (Å²) in [6.45, 7) is 1.57. The third-order valence-corrected chi connectivity index (χ3v) is 7.58. The maximum Gasteiger partial charge on any atom is 0.327 e. The van der Waals surface area contributed by atoms with Crippen LogP contribution < -0.4 is 10.6 Å². The highest BCUT2D eigenvalue weighted by Gasteiger charge is 2.55. The van der Waals surface area contributed by atoms with Crippen molar-refractivity contribution >= 4 is 35.3 Å². The molecule has 3 fully saturated rings. The Morgan fingerprint density at radius 2 is 1.70 bits per heavy atom. The van der Waals surface area contributed by atoms with Crippen molar-refractivity contribution in [2.75, 3.05) is 18.9 Å². The summed E-state index contributed by atoms with van der Waals surface area (Å²) < 4.78 is 0. The molecule has 9 nitrogen and oxygen atoms in total. The van der Waals surface area contributed by atoms with Crippen molar-refractivity contribution in [3.63, 3.8) is 0 Å². The van der Waals surface area contributed by atoms with E-state index in [1.54, 1.807) is 31.3 Å². The van der Waals surface area contributed by atoms with Gasteiger partial charge in [0.1, 0.15) is 12.1 Å². The van der Waals surface area contributed by atoms with Crippen molar-refractivity contribution in [1.29, 1.82) is 0 Å². The zero-order valence-electron chi connectivity index (χ0n) is 19.1. The molecule has 1 unspecified atom stereocenters. The zero-order chi connectivity index (χ0) is 23.8. The minimum absolute atomic E-state index is 0.264. The van der Waals surface area contributed by atoms with E-state index in [4.69, 9.17) is 0 Å². The fourth-order valence-corrected chi connectivity index (χ4v) is 5.45. The highest BCUT2D eigenvalue weighted by Crippen LogP contribution is 2.39. The molecule has 3 aliphatic rings. The van der Waals surface area contributed by atoms with Crippen LogP contribution in [0.25, 0.3) is 0 Å². The number of hydrogen-bond acceptors (Lipinski definition) is 5. The van der Waals surface area contributed by atoms with Gasteiger partial charge in [-0.25, -0.2) is 4.79 Å². The molecule has 2 aliphatic heterocycles. The fourth-order valence-electron chi connectivity index (χ4n) is 5.45. The molecule has 9 heteroatoms. The summed E-state index contributed by atoms with van der Waals surface area (Å²) in [7, 11) is 1.64. The second-order valence-corrected chi connectivity index (χ2v) is 9.26. The van der Waals surface area contributed by atoms with E-state index in [0.717, 1.165) is 29.7 Å². The summed E-state index contributed by atoms with van der Waals surface area (Å²) in [5, 5.41) is 5.16. The van der Waals surface area contributed by atoms with Crippen LogP contribution in [0.5, 0.6) is 0 Å². The molecular formula is C24H30N4O5. The first-order chi connectivity index (χ1) is 15.7. The van der Waals surface area contributed by atoms with Crippen LogP contribution in [0.4, 0.5) is 10.5 Å². The number of nitrogens with one attached hydrogen (secondary N) is 2. The predicted molar refractivity (Wildman–Crippen MR) is 120 cm³/mol. The van der Waals surface area contributed by atoms with Gasteiger partial charge >= 0.3 is 6.03 Å². The maximum absolute atomic E-state index is 13.1. The Kier molecular flexibility index (Phi) is 5.99. The van der Waals surface area contributed by atoms with Crippen molar-refractivity contribution in [2.45, 2.75) is 69.2 Å². The maximum atomic E-state index is 13.1. The van der Waals surface area contributed by atoms with Crippen LogP contribution in [0.2, 0.25) is 0 Å². The first-order valence-corrected chi connectivity index (χ1v) is 11.6. The summed E-state index contributed by atoms with van der Waals surface area (Å²) >= 11 is 0. The Morgan fingerprint density at radius 3 is 2.30 bits per heavy atom. The van der Waals surface area contributed by atoms with Crippen molar-refractivity contribution in [1.82, 2.24) is 15.1 Å². The lowest BCUT2D eigenvalue weighted by atomic mass is 9.72. The average Bonchev–Trinajstić information content (AvgIpc) is 2.97. The minimum Gasteiger partial charge on any atom is -0.325 e. The van der Waals surface area contributed by atoms with Crippen LogP contribution in [-0.4, -0.2) is 58.6 Å². The highest BCUT2D eigenvalue weighted by atomic mass is 16.2. The first kappa shape index (κ1) is 22.9. The van der Waals surface area contributed by atoms with Crippen molar-refractivity contribution in [3.05, 3.63) is 29.8 Å². The lowest BCUT2D eigenvalue weighted by Crippen LogP contribution is -2.51. The van der Waals surface area contributed by atoms with Crippen molar-refractivity contribution in [3.8, 4) is 0 Å². The number of nitrogens with zero attached hydrogens (tertiary/aromatic N) is 2. The average molecular weight is 455 g/mol. The van der Waals surface area contributed by atoms with E-state index in [2.05, 4.69) is 10.6 Å². The number of carbonyl (C=O) groups is 5. The van der Waals surface area contributed by atoms with E-state index in [9.17, 15) is 24.0 Å². The second kappa shape index (κ2) is 8.61. The molecule has 0 aromatic heterocycles. The quantitative estimate of drug-likeness (QED) is 0.523. The summed E-state index contributed by atoms with van der Waals surface area (Å²) in [5.41, 5.74) is -0.307. The number of likely N-dealkylation sites (N-methyl/N-ethyl adjacent to an activating group) is 1. The molecule has 4 rings (SSSR count). The second-order valence-electron chi connectivity index (χ2n) is 9.26. The molecule has 1 aromatic rings. The third kappa shape index (κ3) is 3.79. The number of hydrogen-bond donors (Lipinski definition) is 2. The van der Waals surface area contributed by atoms with Gasteiger partial charge in [-0.2, -0.15) is 0 Å². The van der Waals surface area contributed by atoms with E-state index < -0.39 is 22.9 Å². The summed E-state index contributed by atoms with van der Waals surface area (Å²) in [4.78, 5) is 65.1. The molecular weight excluding hydrogens is 424 g/mol. The number of amides is 6. The Labute approximate surface area is 192 Å². The van der Waals surface area contributed by atoms with Gasteiger partial charge < -0.3 is 10.2 Å². The van der Waals surface area contributed by atoms with Crippen LogP contribution in [-0.2, 0) is 24.6 Å². The van der Waals surface area contributed by atoms with Gasteiger partial charge in [0.25, 0.3) is 5.91 Å². The molecule has 1 spiro atoms. The van der Waals surface area contributed by atoms with Gasteiger partial charge in [0, 0.05) is 19.2 Å². The lowest BCUT2D eigenvalue weighted by Gasteiger charge is -2.35. The van der Waals surface area contributed by atoms with Crippen LogP contribution >= 0.6 is 0 Å². The van der Waals surface area contributed by atoms with Gasteiger partial charge in [-0.15, -0.1) is 0 Å². The predicted octanol–water partition coefficient (Wildman–Crippen LogP) is 2.31. The number of carbonyl (C=O) groups excluding carboxylic acids is 5. The third-order valence-electron chi connectivity index (χ3n) is 7.58. The number of piperidine rings is 1. The van der Waals surface area contributed by atoms with Gasteiger partial charge in [0.2, 0.25) is 17.7 Å². The molecule has 2 saturated heterocycles. The largest absolute Gasteiger partial charge is 0.327 e. The molecule has 1 saturated carbocycles. The van der Waals surface area contributed by atoms with Gasteiger partial charge in [-0.3, -0.25) is 29.4 Å². The number of anilines is 1. The van der Waals surface area contributed by atoms with E-state index >= 15 is 0 Å². The Balaban J connectivity index is 1.43. The van der Waals surface area contributed by atoms with E-state index in [1.165, 1.54) is 4.90 Å².